The summed E-state index contributed by atoms with van der Waals surface area (Å²) < 4.78 is 0. The Labute approximate surface area is 113 Å². The highest BCUT2D eigenvalue weighted by atomic mass is 16.3. The summed E-state index contributed by atoms with van der Waals surface area (Å²) in [6.45, 7) is 2.04. The van der Waals surface area contributed by atoms with Gasteiger partial charge in [0, 0.05) is 0 Å². The molecule has 0 saturated carbocycles. The van der Waals surface area contributed by atoms with E-state index in [-0.39, 0.29) is 0 Å². The van der Waals surface area contributed by atoms with E-state index >= 15 is 0 Å². The lowest BCUT2D eigenvalue weighted by molar-refractivity contribution is 0.474. The van der Waals surface area contributed by atoms with E-state index < -0.39 is 0 Å². The van der Waals surface area contributed by atoms with Crippen molar-refractivity contribution in [2.24, 2.45) is 0 Å². The Kier molecular flexibility index (Phi) is 2.96. The molecule has 0 fully saturated rings. The summed E-state index contributed by atoms with van der Waals surface area (Å²) in [7, 11) is 0. The average Bonchev–Trinajstić information content (AvgIpc) is 2.42. The number of phenols is 1. The van der Waals surface area contributed by atoms with Crippen LogP contribution in [0, 0.1) is 6.92 Å². The first kappa shape index (κ1) is 11.8. The van der Waals surface area contributed by atoms with Gasteiger partial charge in [0.05, 0.1) is 0 Å². The molecule has 3 aromatic carbocycles. The molecule has 0 aliphatic heterocycles. The minimum Gasteiger partial charge on any atom is -0.508 e. The predicted molar refractivity (Wildman–Crippen MR) is 79.6 cm³/mol. The van der Waals surface area contributed by atoms with E-state index in [1.807, 2.05) is 19.1 Å². The van der Waals surface area contributed by atoms with Crippen molar-refractivity contribution in [3.05, 3.63) is 77.4 Å². The summed E-state index contributed by atoms with van der Waals surface area (Å²) in [5.41, 5.74) is 3.72. The van der Waals surface area contributed by atoms with Gasteiger partial charge in [-0.3, -0.25) is 0 Å². The zero-order valence-corrected chi connectivity index (χ0v) is 10.9. The maximum absolute atomic E-state index is 9.48. The lowest BCUT2D eigenvalue weighted by Gasteiger charge is -2.09. The predicted octanol–water partition coefficient (Wildman–Crippen LogP) is 4.44. The zero-order chi connectivity index (χ0) is 13.2. The molecule has 1 N–H and O–H groups in total. The number of aromatic hydroxyl groups is 1. The van der Waals surface area contributed by atoms with Crippen molar-refractivity contribution in [1.29, 1.82) is 0 Å². The van der Waals surface area contributed by atoms with Gasteiger partial charge < -0.3 is 5.11 Å². The van der Waals surface area contributed by atoms with Crippen molar-refractivity contribution in [1.82, 2.24) is 0 Å². The van der Waals surface area contributed by atoms with Crippen LogP contribution < -0.4 is 0 Å². The Balaban J connectivity index is 2.06. The SMILES string of the molecule is Cc1cc(O)ccc1Cc1cccc2ccccc12. The zero-order valence-electron chi connectivity index (χ0n) is 10.9. The average molecular weight is 248 g/mol. The van der Waals surface area contributed by atoms with Crippen LogP contribution >= 0.6 is 0 Å². The second-order valence-electron chi connectivity index (χ2n) is 4.93. The molecule has 1 nitrogen and oxygen atoms in total. The Morgan fingerprint density at radius 1 is 0.842 bits per heavy atom. The van der Waals surface area contributed by atoms with Crippen molar-refractivity contribution >= 4 is 10.8 Å². The third-order valence-electron chi connectivity index (χ3n) is 3.59. The van der Waals surface area contributed by atoms with E-state index in [0.717, 1.165) is 12.0 Å². The van der Waals surface area contributed by atoms with Crippen LogP contribution in [0.3, 0.4) is 0 Å². The lowest BCUT2D eigenvalue weighted by atomic mass is 9.96. The molecule has 3 rings (SSSR count). The first-order valence-electron chi connectivity index (χ1n) is 6.49. The monoisotopic (exact) mass is 248 g/mol. The number of aryl methyl sites for hydroxylation is 1. The van der Waals surface area contributed by atoms with Gasteiger partial charge in [0.1, 0.15) is 5.75 Å². The van der Waals surface area contributed by atoms with Crippen LogP contribution in [0.25, 0.3) is 10.8 Å². The van der Waals surface area contributed by atoms with Crippen molar-refractivity contribution in [2.75, 3.05) is 0 Å². The van der Waals surface area contributed by atoms with Gasteiger partial charge >= 0.3 is 0 Å². The first-order chi connectivity index (χ1) is 9.24. The van der Waals surface area contributed by atoms with E-state index in [1.54, 1.807) is 6.07 Å². The molecular formula is C18H16O. The molecular weight excluding hydrogens is 232 g/mol. The van der Waals surface area contributed by atoms with Crippen LogP contribution in [-0.4, -0.2) is 5.11 Å². The minimum absolute atomic E-state index is 0.333. The van der Waals surface area contributed by atoms with Crippen molar-refractivity contribution in [3.8, 4) is 5.75 Å². The largest absolute Gasteiger partial charge is 0.508 e. The van der Waals surface area contributed by atoms with Gasteiger partial charge in [-0.2, -0.15) is 0 Å². The van der Waals surface area contributed by atoms with Gasteiger partial charge in [-0.25, -0.2) is 0 Å². The van der Waals surface area contributed by atoms with E-state index in [4.69, 9.17) is 0 Å². The van der Waals surface area contributed by atoms with Crippen molar-refractivity contribution in [3.63, 3.8) is 0 Å². The van der Waals surface area contributed by atoms with E-state index in [2.05, 4.69) is 42.5 Å². The maximum atomic E-state index is 9.48. The van der Waals surface area contributed by atoms with Crippen LogP contribution in [0.4, 0.5) is 0 Å². The molecule has 0 radical (unpaired) electrons. The summed E-state index contributed by atoms with van der Waals surface area (Å²) in [6, 6.07) is 20.5. The van der Waals surface area contributed by atoms with Crippen LogP contribution in [0.5, 0.6) is 5.75 Å². The summed E-state index contributed by atoms with van der Waals surface area (Å²) in [5, 5.41) is 12.1. The number of benzene rings is 3. The van der Waals surface area contributed by atoms with Crippen LogP contribution in [0.15, 0.2) is 60.7 Å². The molecule has 0 aliphatic carbocycles. The van der Waals surface area contributed by atoms with Gasteiger partial charge in [-0.15, -0.1) is 0 Å². The van der Waals surface area contributed by atoms with E-state index in [1.165, 1.54) is 21.9 Å². The Morgan fingerprint density at radius 3 is 2.47 bits per heavy atom. The summed E-state index contributed by atoms with van der Waals surface area (Å²) >= 11 is 0. The maximum Gasteiger partial charge on any atom is 0.115 e. The van der Waals surface area contributed by atoms with Crippen LogP contribution in [-0.2, 0) is 6.42 Å². The van der Waals surface area contributed by atoms with Gasteiger partial charge in [0.15, 0.2) is 0 Å². The second kappa shape index (κ2) is 4.77. The normalized spacial score (nSPS) is 10.8. The fraction of sp³-hybridized carbons (Fsp3) is 0.111. The second-order valence-corrected chi connectivity index (χ2v) is 4.93. The Bertz CT molecular complexity index is 723. The van der Waals surface area contributed by atoms with Crippen LogP contribution in [0.1, 0.15) is 16.7 Å². The number of phenolic OH excluding ortho intramolecular Hbond substituents is 1. The van der Waals surface area contributed by atoms with Gasteiger partial charge in [-0.05, 0) is 52.9 Å². The van der Waals surface area contributed by atoms with Gasteiger partial charge in [0.2, 0.25) is 0 Å². The molecule has 0 saturated heterocycles. The number of hydrogen-bond acceptors (Lipinski definition) is 1. The number of fused-ring (bicyclic) bond motifs is 1. The Morgan fingerprint density at radius 2 is 1.63 bits per heavy atom. The number of hydrogen-bond donors (Lipinski definition) is 1. The lowest BCUT2D eigenvalue weighted by Crippen LogP contribution is -1.92. The molecule has 0 heterocycles. The molecule has 0 spiro atoms. The summed E-state index contributed by atoms with van der Waals surface area (Å²) in [6.07, 6.45) is 0.896. The molecule has 0 amide bonds. The molecule has 0 bridgehead atoms. The fourth-order valence-electron chi connectivity index (χ4n) is 2.53. The molecule has 19 heavy (non-hydrogen) atoms. The van der Waals surface area contributed by atoms with Crippen molar-refractivity contribution < 1.29 is 5.11 Å². The number of rotatable bonds is 2. The molecule has 0 aromatic heterocycles. The Hall–Kier alpha value is -2.28. The van der Waals surface area contributed by atoms with Gasteiger partial charge in [0.25, 0.3) is 0 Å². The van der Waals surface area contributed by atoms with E-state index in [9.17, 15) is 5.11 Å². The highest BCUT2D eigenvalue weighted by Gasteiger charge is 2.04. The molecule has 0 aliphatic rings. The third-order valence-corrected chi connectivity index (χ3v) is 3.59. The molecule has 94 valence electrons. The van der Waals surface area contributed by atoms with Crippen molar-refractivity contribution in [2.45, 2.75) is 13.3 Å². The van der Waals surface area contributed by atoms with Crippen LogP contribution in [0.2, 0.25) is 0 Å². The highest BCUT2D eigenvalue weighted by molar-refractivity contribution is 5.85. The smallest absolute Gasteiger partial charge is 0.115 e. The highest BCUT2D eigenvalue weighted by Crippen LogP contribution is 2.24. The molecule has 0 atom stereocenters. The molecule has 3 aromatic rings. The summed E-state index contributed by atoms with van der Waals surface area (Å²) in [4.78, 5) is 0. The summed E-state index contributed by atoms with van der Waals surface area (Å²) in [5.74, 6) is 0.333. The quantitative estimate of drug-likeness (QED) is 0.710. The topological polar surface area (TPSA) is 20.2 Å². The minimum atomic E-state index is 0.333. The molecule has 1 heteroatoms. The molecule has 0 unspecified atom stereocenters. The van der Waals surface area contributed by atoms with Gasteiger partial charge in [-0.1, -0.05) is 48.5 Å². The standard InChI is InChI=1S/C18H16O/c1-13-11-17(19)10-9-15(13)12-16-7-4-6-14-5-2-3-8-18(14)16/h2-11,19H,12H2,1H3. The first-order valence-corrected chi connectivity index (χ1v) is 6.49. The third kappa shape index (κ3) is 2.32. The fourth-order valence-corrected chi connectivity index (χ4v) is 2.53. The van der Waals surface area contributed by atoms with E-state index in [0.29, 0.717) is 5.75 Å².